The Hall–Kier alpha value is -1.48. The molecule has 0 atom stereocenters. The molecule has 2 nitrogen and oxygen atoms in total. The van der Waals surface area contributed by atoms with Gasteiger partial charge in [-0.1, -0.05) is 39.8 Å². The van der Waals surface area contributed by atoms with Crippen LogP contribution in [0, 0.1) is 0 Å². The molecular formula is C16H18O2S. The third-order valence-corrected chi connectivity index (χ3v) is 4.95. The molecule has 0 radical (unpaired) electrons. The molecule has 2 heterocycles. The molecule has 0 saturated carbocycles. The van der Waals surface area contributed by atoms with Crippen LogP contribution in [-0.4, -0.2) is 0 Å². The van der Waals surface area contributed by atoms with Crippen LogP contribution in [0.2, 0.25) is 0 Å². The Kier molecular flexibility index (Phi) is 3.02. The van der Waals surface area contributed by atoms with Gasteiger partial charge in [0.2, 0.25) is 0 Å². The molecule has 1 aromatic carbocycles. The first-order valence-corrected chi connectivity index (χ1v) is 7.51. The van der Waals surface area contributed by atoms with Gasteiger partial charge in [0.25, 0.3) is 0 Å². The zero-order valence-corrected chi connectivity index (χ0v) is 12.5. The molecule has 0 unspecified atom stereocenters. The molecule has 100 valence electrons. The molecule has 0 fully saturated rings. The third kappa shape index (κ3) is 2.02. The molecule has 0 spiro atoms. The van der Waals surface area contributed by atoms with Crippen LogP contribution in [0.4, 0.5) is 0 Å². The number of ether oxygens (including phenoxy) is 2. The maximum Gasteiger partial charge on any atom is 0.184 e. The van der Waals surface area contributed by atoms with E-state index in [1.807, 2.05) is 35.6 Å². The van der Waals surface area contributed by atoms with E-state index in [0.29, 0.717) is 11.8 Å². The van der Waals surface area contributed by atoms with Crippen molar-refractivity contribution in [3.8, 4) is 23.0 Å². The maximum atomic E-state index is 6.09. The maximum absolute atomic E-state index is 6.09. The lowest BCUT2D eigenvalue weighted by Gasteiger charge is -2.20. The molecular weight excluding hydrogens is 256 g/mol. The Morgan fingerprint density at radius 3 is 1.58 bits per heavy atom. The quantitative estimate of drug-likeness (QED) is 0.579. The molecule has 0 N–H and O–H groups in total. The minimum Gasteiger partial charge on any atom is -0.448 e. The topological polar surface area (TPSA) is 18.5 Å². The fourth-order valence-corrected chi connectivity index (χ4v) is 3.39. The summed E-state index contributed by atoms with van der Waals surface area (Å²) in [6.07, 6.45) is 0. The second-order valence-corrected chi connectivity index (χ2v) is 6.53. The number of para-hydroxylation sites is 2. The van der Waals surface area contributed by atoms with E-state index in [1.54, 1.807) is 0 Å². The van der Waals surface area contributed by atoms with E-state index in [4.69, 9.17) is 9.47 Å². The highest BCUT2D eigenvalue weighted by atomic mass is 32.1. The lowest BCUT2D eigenvalue weighted by molar-refractivity contribution is 0.355. The fourth-order valence-electron chi connectivity index (χ4n) is 2.23. The lowest BCUT2D eigenvalue weighted by atomic mass is 10.1. The summed E-state index contributed by atoms with van der Waals surface area (Å²) in [5.74, 6) is 4.35. The van der Waals surface area contributed by atoms with Crippen LogP contribution >= 0.6 is 11.3 Å². The van der Waals surface area contributed by atoms with Gasteiger partial charge in [-0.2, -0.15) is 0 Å². The van der Waals surface area contributed by atoms with Crippen molar-refractivity contribution in [2.45, 2.75) is 39.5 Å². The van der Waals surface area contributed by atoms with Crippen LogP contribution in [-0.2, 0) is 0 Å². The second-order valence-electron chi connectivity index (χ2n) is 5.45. The molecule has 0 amide bonds. The van der Waals surface area contributed by atoms with E-state index in [1.165, 1.54) is 9.75 Å². The van der Waals surface area contributed by atoms with Gasteiger partial charge in [-0.15, -0.1) is 11.3 Å². The Balaban J connectivity index is 2.14. The number of hydrogen-bond donors (Lipinski definition) is 0. The lowest BCUT2D eigenvalue weighted by Crippen LogP contribution is -2.00. The summed E-state index contributed by atoms with van der Waals surface area (Å²) in [6.45, 7) is 8.78. The smallest absolute Gasteiger partial charge is 0.184 e. The van der Waals surface area contributed by atoms with Crippen LogP contribution in [0.1, 0.15) is 49.3 Å². The third-order valence-electron chi connectivity index (χ3n) is 3.20. The van der Waals surface area contributed by atoms with E-state index in [9.17, 15) is 0 Å². The monoisotopic (exact) mass is 274 g/mol. The van der Waals surface area contributed by atoms with E-state index >= 15 is 0 Å². The van der Waals surface area contributed by atoms with E-state index in [2.05, 4.69) is 27.7 Å². The highest BCUT2D eigenvalue weighted by Gasteiger charge is 2.29. The van der Waals surface area contributed by atoms with Crippen LogP contribution in [0.15, 0.2) is 24.3 Å². The highest BCUT2D eigenvalue weighted by Crippen LogP contribution is 2.55. The van der Waals surface area contributed by atoms with Crippen molar-refractivity contribution in [2.75, 3.05) is 0 Å². The normalized spacial score (nSPS) is 12.9. The van der Waals surface area contributed by atoms with Crippen molar-refractivity contribution >= 4 is 11.3 Å². The zero-order valence-electron chi connectivity index (χ0n) is 11.7. The number of hydrogen-bond acceptors (Lipinski definition) is 3. The van der Waals surface area contributed by atoms with E-state index < -0.39 is 0 Å². The summed E-state index contributed by atoms with van der Waals surface area (Å²) in [4.78, 5) is 2.54. The number of benzene rings is 1. The Morgan fingerprint density at radius 2 is 1.21 bits per heavy atom. The van der Waals surface area contributed by atoms with Crippen molar-refractivity contribution < 1.29 is 9.47 Å². The van der Waals surface area contributed by atoms with Gasteiger partial charge in [0, 0.05) is 0 Å². The zero-order chi connectivity index (χ0) is 13.6. The van der Waals surface area contributed by atoms with Crippen LogP contribution in [0.25, 0.3) is 0 Å². The first-order chi connectivity index (χ1) is 9.08. The Bertz CT molecular complexity index is 560. The number of fused-ring (bicyclic) bond motifs is 2. The SMILES string of the molecule is CC(C)c1sc(C(C)C)c2c1Oc1ccccc1O2. The van der Waals surface area contributed by atoms with Crippen LogP contribution < -0.4 is 9.47 Å². The fraction of sp³-hybridized carbons (Fsp3) is 0.375. The molecule has 3 heteroatoms. The minimum atomic E-state index is 0.445. The predicted molar refractivity (Wildman–Crippen MR) is 79.1 cm³/mol. The van der Waals surface area contributed by atoms with Gasteiger partial charge in [0.15, 0.2) is 23.0 Å². The largest absolute Gasteiger partial charge is 0.448 e. The number of rotatable bonds is 2. The Morgan fingerprint density at radius 1 is 0.789 bits per heavy atom. The first kappa shape index (κ1) is 12.5. The van der Waals surface area contributed by atoms with E-state index in [0.717, 1.165) is 23.0 Å². The van der Waals surface area contributed by atoms with Crippen LogP contribution in [0.3, 0.4) is 0 Å². The average molecular weight is 274 g/mol. The van der Waals surface area contributed by atoms with Crippen molar-refractivity contribution in [2.24, 2.45) is 0 Å². The molecule has 2 aromatic rings. The standard InChI is InChI=1S/C16H18O2S/c1-9(2)15-13-14(16(19-15)10(3)4)18-12-8-6-5-7-11(12)17-13/h5-10H,1-4H3. The Labute approximate surface area is 118 Å². The predicted octanol–water partition coefficient (Wildman–Crippen LogP) is 5.89. The van der Waals surface area contributed by atoms with Crippen LogP contribution in [0.5, 0.6) is 23.0 Å². The summed E-state index contributed by atoms with van der Waals surface area (Å²) < 4.78 is 12.2. The van der Waals surface area contributed by atoms with Gasteiger partial charge in [0.1, 0.15) is 0 Å². The molecule has 0 bridgehead atoms. The summed E-state index contributed by atoms with van der Waals surface area (Å²) in [7, 11) is 0. The molecule has 0 saturated heterocycles. The second kappa shape index (κ2) is 4.57. The van der Waals surface area contributed by atoms with Crippen molar-refractivity contribution in [3.05, 3.63) is 34.0 Å². The van der Waals surface area contributed by atoms with E-state index in [-0.39, 0.29) is 0 Å². The first-order valence-electron chi connectivity index (χ1n) is 6.69. The van der Waals surface area contributed by atoms with Gasteiger partial charge in [-0.05, 0) is 24.0 Å². The molecule has 1 aliphatic heterocycles. The van der Waals surface area contributed by atoms with Gasteiger partial charge < -0.3 is 9.47 Å². The summed E-state index contributed by atoms with van der Waals surface area (Å²) in [5, 5.41) is 0. The highest BCUT2D eigenvalue weighted by molar-refractivity contribution is 7.13. The average Bonchev–Trinajstić information content (AvgIpc) is 2.74. The van der Waals surface area contributed by atoms with Gasteiger partial charge in [-0.3, -0.25) is 0 Å². The van der Waals surface area contributed by atoms with Crippen molar-refractivity contribution in [3.63, 3.8) is 0 Å². The van der Waals surface area contributed by atoms with Crippen molar-refractivity contribution in [1.29, 1.82) is 0 Å². The minimum absolute atomic E-state index is 0.445. The number of thiophene rings is 1. The van der Waals surface area contributed by atoms with Crippen molar-refractivity contribution in [1.82, 2.24) is 0 Å². The molecule has 0 aliphatic carbocycles. The molecule has 3 rings (SSSR count). The van der Waals surface area contributed by atoms with Gasteiger partial charge >= 0.3 is 0 Å². The molecule has 1 aromatic heterocycles. The summed E-state index contributed by atoms with van der Waals surface area (Å²) in [5.41, 5.74) is 0. The summed E-state index contributed by atoms with van der Waals surface area (Å²) >= 11 is 1.81. The molecule has 19 heavy (non-hydrogen) atoms. The van der Waals surface area contributed by atoms with Gasteiger partial charge in [0.05, 0.1) is 9.75 Å². The summed E-state index contributed by atoms with van der Waals surface area (Å²) in [6, 6.07) is 7.85. The molecule has 1 aliphatic rings. The van der Waals surface area contributed by atoms with Gasteiger partial charge in [-0.25, -0.2) is 0 Å².